The Morgan fingerprint density at radius 1 is 1.26 bits per heavy atom. The fourth-order valence-electron chi connectivity index (χ4n) is 1.94. The molecular weight excluding hydrogens is 329 g/mol. The molecule has 0 aliphatic carbocycles. The molecule has 0 bridgehead atoms. The second-order valence-corrected chi connectivity index (χ2v) is 5.64. The lowest BCUT2D eigenvalue weighted by atomic mass is 10.0. The highest BCUT2D eigenvalue weighted by molar-refractivity contribution is 9.10. The highest BCUT2D eigenvalue weighted by Crippen LogP contribution is 2.27. The molecule has 1 N–H and O–H groups in total. The zero-order chi connectivity index (χ0) is 13.8. The molecule has 19 heavy (non-hydrogen) atoms. The molecule has 1 nitrogen and oxygen atoms in total. The van der Waals surface area contributed by atoms with E-state index >= 15 is 0 Å². The molecule has 0 heterocycles. The van der Waals surface area contributed by atoms with E-state index in [0.717, 1.165) is 16.5 Å². The van der Waals surface area contributed by atoms with Gasteiger partial charge >= 0.3 is 0 Å². The van der Waals surface area contributed by atoms with Crippen molar-refractivity contribution in [1.29, 1.82) is 0 Å². The van der Waals surface area contributed by atoms with E-state index in [9.17, 15) is 4.39 Å². The molecule has 1 atom stereocenters. The quantitative estimate of drug-likeness (QED) is 0.740. The standard InChI is InChI=1S/C15H14BrClFN/c1-2-14(10-4-3-5-11(16)8-10)19-15-9-12(17)6-7-13(15)18/h3-9,14,19H,2H2,1H3. The van der Waals surface area contributed by atoms with Crippen LogP contribution in [0.3, 0.4) is 0 Å². The molecule has 0 aliphatic heterocycles. The molecule has 0 saturated carbocycles. The second-order valence-electron chi connectivity index (χ2n) is 4.28. The Morgan fingerprint density at radius 2 is 2.05 bits per heavy atom. The van der Waals surface area contributed by atoms with Crippen molar-refractivity contribution in [3.8, 4) is 0 Å². The minimum atomic E-state index is -0.294. The summed E-state index contributed by atoms with van der Waals surface area (Å²) < 4.78 is 14.7. The third kappa shape index (κ3) is 3.71. The van der Waals surface area contributed by atoms with Crippen molar-refractivity contribution in [3.63, 3.8) is 0 Å². The molecule has 0 saturated heterocycles. The van der Waals surface area contributed by atoms with Crippen molar-refractivity contribution in [2.45, 2.75) is 19.4 Å². The molecule has 0 radical (unpaired) electrons. The monoisotopic (exact) mass is 341 g/mol. The van der Waals surface area contributed by atoms with E-state index in [1.165, 1.54) is 6.07 Å². The Kier molecular flexibility index (Phi) is 4.83. The van der Waals surface area contributed by atoms with Crippen molar-refractivity contribution in [2.75, 3.05) is 5.32 Å². The average Bonchev–Trinajstić information content (AvgIpc) is 2.39. The van der Waals surface area contributed by atoms with Gasteiger partial charge < -0.3 is 5.32 Å². The summed E-state index contributed by atoms with van der Waals surface area (Å²) in [5.74, 6) is -0.294. The van der Waals surface area contributed by atoms with E-state index < -0.39 is 0 Å². The Balaban J connectivity index is 2.26. The zero-order valence-electron chi connectivity index (χ0n) is 10.5. The van der Waals surface area contributed by atoms with Gasteiger partial charge in [-0.25, -0.2) is 4.39 Å². The molecule has 100 valence electrons. The molecular formula is C15H14BrClFN. The Labute approximate surface area is 125 Å². The van der Waals surface area contributed by atoms with Gasteiger partial charge in [0, 0.05) is 9.50 Å². The molecule has 0 aromatic heterocycles. The normalized spacial score (nSPS) is 12.2. The van der Waals surface area contributed by atoms with E-state index in [1.807, 2.05) is 24.3 Å². The Morgan fingerprint density at radius 3 is 2.74 bits per heavy atom. The van der Waals surface area contributed by atoms with Crippen LogP contribution < -0.4 is 5.32 Å². The van der Waals surface area contributed by atoms with Crippen LogP contribution in [0.4, 0.5) is 10.1 Å². The molecule has 0 aliphatic rings. The third-order valence-corrected chi connectivity index (χ3v) is 3.65. The van der Waals surface area contributed by atoms with E-state index in [0.29, 0.717) is 10.7 Å². The highest BCUT2D eigenvalue weighted by Gasteiger charge is 2.12. The van der Waals surface area contributed by atoms with E-state index in [1.54, 1.807) is 12.1 Å². The largest absolute Gasteiger partial charge is 0.376 e. The van der Waals surface area contributed by atoms with Crippen molar-refractivity contribution in [2.24, 2.45) is 0 Å². The van der Waals surface area contributed by atoms with Crippen LogP contribution in [0.2, 0.25) is 5.02 Å². The van der Waals surface area contributed by atoms with Crippen LogP contribution in [0, 0.1) is 5.82 Å². The maximum Gasteiger partial charge on any atom is 0.146 e. The molecule has 0 amide bonds. The predicted molar refractivity (Wildman–Crippen MR) is 82.2 cm³/mol. The summed E-state index contributed by atoms with van der Waals surface area (Å²) in [6.45, 7) is 2.06. The number of hydrogen-bond donors (Lipinski definition) is 1. The first-order valence-electron chi connectivity index (χ1n) is 6.07. The van der Waals surface area contributed by atoms with Crippen LogP contribution in [0.5, 0.6) is 0 Å². The molecule has 2 aromatic carbocycles. The van der Waals surface area contributed by atoms with Crippen LogP contribution in [0.25, 0.3) is 0 Å². The summed E-state index contributed by atoms with van der Waals surface area (Å²) >= 11 is 9.35. The van der Waals surface area contributed by atoms with Gasteiger partial charge in [-0.05, 0) is 42.3 Å². The summed E-state index contributed by atoms with van der Waals surface area (Å²) in [6, 6.07) is 12.6. The number of hydrogen-bond acceptors (Lipinski definition) is 1. The topological polar surface area (TPSA) is 12.0 Å². The van der Waals surface area contributed by atoms with Gasteiger partial charge in [0.15, 0.2) is 0 Å². The predicted octanol–water partition coefficient (Wildman–Crippen LogP) is 5.80. The number of benzene rings is 2. The Hall–Kier alpha value is -1.06. The molecule has 1 unspecified atom stereocenters. The summed E-state index contributed by atoms with van der Waals surface area (Å²) in [5, 5.41) is 3.72. The number of nitrogens with one attached hydrogen (secondary N) is 1. The summed E-state index contributed by atoms with van der Waals surface area (Å²) in [5.41, 5.74) is 1.54. The van der Waals surface area contributed by atoms with Crippen LogP contribution in [-0.2, 0) is 0 Å². The van der Waals surface area contributed by atoms with Crippen LogP contribution in [0.15, 0.2) is 46.9 Å². The average molecular weight is 343 g/mol. The first-order chi connectivity index (χ1) is 9.10. The number of rotatable bonds is 4. The lowest BCUT2D eigenvalue weighted by Gasteiger charge is -2.19. The van der Waals surface area contributed by atoms with Gasteiger partial charge in [0.05, 0.1) is 11.7 Å². The summed E-state index contributed by atoms with van der Waals surface area (Å²) in [7, 11) is 0. The van der Waals surface area contributed by atoms with E-state index in [4.69, 9.17) is 11.6 Å². The van der Waals surface area contributed by atoms with Gasteiger partial charge in [0.1, 0.15) is 5.82 Å². The lowest BCUT2D eigenvalue weighted by Crippen LogP contribution is -2.10. The zero-order valence-corrected chi connectivity index (χ0v) is 12.8. The molecule has 2 rings (SSSR count). The lowest BCUT2D eigenvalue weighted by molar-refractivity contribution is 0.624. The maximum atomic E-state index is 13.7. The van der Waals surface area contributed by atoms with Crippen LogP contribution in [0.1, 0.15) is 24.9 Å². The number of anilines is 1. The van der Waals surface area contributed by atoms with E-state index in [-0.39, 0.29) is 11.9 Å². The van der Waals surface area contributed by atoms with Gasteiger partial charge in [-0.15, -0.1) is 0 Å². The minimum absolute atomic E-state index is 0.0467. The van der Waals surface area contributed by atoms with Gasteiger partial charge in [0.2, 0.25) is 0 Å². The van der Waals surface area contributed by atoms with Crippen LogP contribution in [-0.4, -0.2) is 0 Å². The smallest absolute Gasteiger partial charge is 0.146 e. The minimum Gasteiger partial charge on any atom is -0.376 e. The SMILES string of the molecule is CCC(Nc1cc(Cl)ccc1F)c1cccc(Br)c1. The molecule has 2 aromatic rings. The molecule has 0 spiro atoms. The summed E-state index contributed by atoms with van der Waals surface area (Å²) in [6.07, 6.45) is 0.850. The fraction of sp³-hybridized carbons (Fsp3) is 0.200. The van der Waals surface area contributed by atoms with Gasteiger partial charge in [-0.2, -0.15) is 0 Å². The van der Waals surface area contributed by atoms with Gasteiger partial charge in [0.25, 0.3) is 0 Å². The third-order valence-electron chi connectivity index (χ3n) is 2.92. The van der Waals surface area contributed by atoms with Gasteiger partial charge in [-0.3, -0.25) is 0 Å². The number of halogens is 3. The van der Waals surface area contributed by atoms with Crippen LogP contribution >= 0.6 is 27.5 Å². The summed E-state index contributed by atoms with van der Waals surface area (Å²) in [4.78, 5) is 0. The highest BCUT2D eigenvalue weighted by atomic mass is 79.9. The van der Waals surface area contributed by atoms with Crippen molar-refractivity contribution in [1.82, 2.24) is 0 Å². The molecule has 0 fully saturated rings. The fourth-order valence-corrected chi connectivity index (χ4v) is 2.53. The maximum absolute atomic E-state index is 13.7. The first-order valence-corrected chi connectivity index (χ1v) is 7.24. The Bertz CT molecular complexity index is 574. The van der Waals surface area contributed by atoms with Crippen molar-refractivity contribution < 1.29 is 4.39 Å². The van der Waals surface area contributed by atoms with E-state index in [2.05, 4.69) is 28.2 Å². The van der Waals surface area contributed by atoms with Crippen molar-refractivity contribution >= 4 is 33.2 Å². The van der Waals surface area contributed by atoms with Crippen molar-refractivity contribution in [3.05, 3.63) is 63.3 Å². The molecule has 4 heteroatoms. The van der Waals surface area contributed by atoms with Gasteiger partial charge in [-0.1, -0.05) is 46.6 Å². The second kappa shape index (κ2) is 6.40. The first kappa shape index (κ1) is 14.4.